The van der Waals surface area contributed by atoms with Crippen LogP contribution in [0.1, 0.15) is 43.0 Å². The number of pyridine rings is 2. The lowest BCUT2D eigenvalue weighted by molar-refractivity contribution is 0.102. The van der Waals surface area contributed by atoms with E-state index in [0.29, 0.717) is 22.5 Å². The van der Waals surface area contributed by atoms with E-state index in [1.165, 1.54) is 0 Å². The van der Waals surface area contributed by atoms with Crippen molar-refractivity contribution < 1.29 is 9.59 Å². The summed E-state index contributed by atoms with van der Waals surface area (Å²) in [7, 11) is 0. The highest BCUT2D eigenvalue weighted by Crippen LogP contribution is 2.32. The smallest absolute Gasteiger partial charge is 0.256 e. The predicted molar refractivity (Wildman–Crippen MR) is 196 cm³/mol. The van der Waals surface area contributed by atoms with Crippen molar-refractivity contribution in [3.8, 4) is 22.5 Å². The molecule has 0 aliphatic carbocycles. The number of hydrogen-bond donors (Lipinski definition) is 2. The molecule has 7 rings (SSSR count). The summed E-state index contributed by atoms with van der Waals surface area (Å²) < 4.78 is 0. The fraction of sp³-hybridized carbons (Fsp3) is 0.0952. The maximum absolute atomic E-state index is 14.0. The number of carbonyl (C=O) groups excluding carboxylic acids is 2. The topological polar surface area (TPSA) is 84.0 Å². The fourth-order valence-electron chi connectivity index (χ4n) is 6.25. The first-order valence-corrected chi connectivity index (χ1v) is 15.9. The molecule has 0 aliphatic rings. The van der Waals surface area contributed by atoms with Crippen LogP contribution in [0.15, 0.2) is 121 Å². The molecule has 0 fully saturated rings. The molecular weight excluding hydrogens is 592 g/mol. The van der Waals surface area contributed by atoms with Gasteiger partial charge in [0, 0.05) is 33.3 Å². The Kier molecular flexibility index (Phi) is 7.99. The van der Waals surface area contributed by atoms with Gasteiger partial charge in [0.15, 0.2) is 0 Å². The third-order valence-electron chi connectivity index (χ3n) is 8.75. The quantitative estimate of drug-likeness (QED) is 0.192. The summed E-state index contributed by atoms with van der Waals surface area (Å²) in [5.41, 5.74) is 11.1. The molecule has 2 aromatic heterocycles. The number of benzene rings is 5. The Labute approximate surface area is 279 Å². The summed E-state index contributed by atoms with van der Waals surface area (Å²) in [5, 5.41) is 7.71. The molecule has 0 saturated heterocycles. The van der Waals surface area contributed by atoms with Crippen LogP contribution in [0.5, 0.6) is 0 Å². The largest absolute Gasteiger partial charge is 0.322 e. The molecule has 48 heavy (non-hydrogen) atoms. The molecule has 6 heteroatoms. The van der Waals surface area contributed by atoms with Gasteiger partial charge in [0.25, 0.3) is 11.8 Å². The van der Waals surface area contributed by atoms with Crippen molar-refractivity contribution in [3.63, 3.8) is 0 Å². The highest BCUT2D eigenvalue weighted by atomic mass is 16.2. The van der Waals surface area contributed by atoms with Crippen LogP contribution in [0.4, 0.5) is 11.4 Å². The first-order valence-electron chi connectivity index (χ1n) is 15.9. The third-order valence-corrected chi connectivity index (χ3v) is 8.75. The Morgan fingerprint density at radius 3 is 1.29 bits per heavy atom. The van der Waals surface area contributed by atoms with Gasteiger partial charge < -0.3 is 10.6 Å². The van der Waals surface area contributed by atoms with Crippen LogP contribution < -0.4 is 10.6 Å². The van der Waals surface area contributed by atoms with E-state index in [-0.39, 0.29) is 11.8 Å². The zero-order valence-electron chi connectivity index (χ0n) is 27.3. The van der Waals surface area contributed by atoms with Gasteiger partial charge in [-0.05, 0) is 69.2 Å². The summed E-state index contributed by atoms with van der Waals surface area (Å²) in [6.45, 7) is 7.96. The van der Waals surface area contributed by atoms with Crippen molar-refractivity contribution in [2.45, 2.75) is 27.7 Å². The van der Waals surface area contributed by atoms with Gasteiger partial charge in [0.1, 0.15) is 0 Å². The minimum absolute atomic E-state index is 0.248. The van der Waals surface area contributed by atoms with E-state index in [1.807, 2.05) is 143 Å². The SMILES string of the molecule is Cc1ccc(-c2nc3ccccc3c(C(=O)Nc3cccc(NC(=O)c4c(C)c(-c5ccc(C)cc5)nc5ccccc45)c3)c2C)cc1. The Morgan fingerprint density at radius 1 is 0.479 bits per heavy atom. The number of nitrogens with zero attached hydrogens (tertiary/aromatic N) is 2. The zero-order chi connectivity index (χ0) is 33.4. The number of aromatic nitrogens is 2. The van der Waals surface area contributed by atoms with Gasteiger partial charge in [0.2, 0.25) is 0 Å². The fourth-order valence-corrected chi connectivity index (χ4v) is 6.25. The minimum Gasteiger partial charge on any atom is -0.322 e. The molecule has 0 aliphatic heterocycles. The normalized spacial score (nSPS) is 11.1. The lowest BCUT2D eigenvalue weighted by Crippen LogP contribution is -2.17. The molecule has 0 saturated carbocycles. The number of rotatable bonds is 6. The van der Waals surface area contributed by atoms with Crippen LogP contribution in [0.3, 0.4) is 0 Å². The molecule has 2 amide bonds. The monoisotopic (exact) mass is 626 g/mol. The molecule has 234 valence electrons. The highest BCUT2D eigenvalue weighted by molar-refractivity contribution is 6.16. The van der Waals surface area contributed by atoms with E-state index in [9.17, 15) is 9.59 Å². The average Bonchev–Trinajstić information content (AvgIpc) is 3.08. The summed E-state index contributed by atoms with van der Waals surface area (Å²) in [6, 6.07) is 38.9. The van der Waals surface area contributed by atoms with E-state index in [0.717, 1.165) is 66.6 Å². The Balaban J connectivity index is 1.21. The van der Waals surface area contributed by atoms with Crippen LogP contribution in [0, 0.1) is 27.7 Å². The summed E-state index contributed by atoms with van der Waals surface area (Å²) >= 11 is 0. The van der Waals surface area contributed by atoms with Gasteiger partial charge in [-0.2, -0.15) is 0 Å². The van der Waals surface area contributed by atoms with Gasteiger partial charge in [-0.15, -0.1) is 0 Å². The van der Waals surface area contributed by atoms with Gasteiger partial charge in [-0.25, -0.2) is 9.97 Å². The lowest BCUT2D eigenvalue weighted by Gasteiger charge is -2.16. The molecule has 0 unspecified atom stereocenters. The van der Waals surface area contributed by atoms with Gasteiger partial charge >= 0.3 is 0 Å². The van der Waals surface area contributed by atoms with Crippen molar-refractivity contribution in [2.75, 3.05) is 10.6 Å². The van der Waals surface area contributed by atoms with E-state index in [1.54, 1.807) is 6.07 Å². The number of carbonyl (C=O) groups is 2. The van der Waals surface area contributed by atoms with Crippen molar-refractivity contribution >= 4 is 45.0 Å². The van der Waals surface area contributed by atoms with Gasteiger partial charge in [-0.3, -0.25) is 9.59 Å². The van der Waals surface area contributed by atoms with E-state index >= 15 is 0 Å². The standard InChI is InChI=1S/C42H34N4O2/c1-25-16-20-29(21-17-25)39-27(3)37(33-12-5-7-14-35(33)45-39)41(47)43-31-10-9-11-32(24-31)44-42(48)38-28(4)40(30-22-18-26(2)19-23-30)46-36-15-8-6-13-34(36)38/h5-24H,1-4H3,(H,43,47)(H,44,48). The maximum Gasteiger partial charge on any atom is 0.256 e. The number of nitrogens with one attached hydrogen (secondary N) is 2. The van der Waals surface area contributed by atoms with Crippen molar-refractivity contribution in [3.05, 3.63) is 155 Å². The number of anilines is 2. The molecule has 0 spiro atoms. The number of aryl methyl sites for hydroxylation is 2. The van der Waals surface area contributed by atoms with Crippen LogP contribution in [0.25, 0.3) is 44.3 Å². The second kappa shape index (κ2) is 12.6. The Hall–Kier alpha value is -6.14. The Bertz CT molecular complexity index is 2200. The van der Waals surface area contributed by atoms with E-state index in [2.05, 4.69) is 10.6 Å². The number of para-hydroxylation sites is 2. The van der Waals surface area contributed by atoms with Crippen LogP contribution in [-0.4, -0.2) is 21.8 Å². The first-order chi connectivity index (χ1) is 23.3. The number of fused-ring (bicyclic) bond motifs is 2. The molecule has 0 bridgehead atoms. The molecule has 5 aromatic carbocycles. The van der Waals surface area contributed by atoms with Crippen molar-refractivity contribution in [1.82, 2.24) is 9.97 Å². The molecule has 2 heterocycles. The average molecular weight is 627 g/mol. The second-order valence-corrected chi connectivity index (χ2v) is 12.2. The van der Waals surface area contributed by atoms with Crippen LogP contribution >= 0.6 is 0 Å². The predicted octanol–water partition coefficient (Wildman–Crippen LogP) is 9.86. The minimum atomic E-state index is -0.248. The summed E-state index contributed by atoms with van der Waals surface area (Å²) in [6.07, 6.45) is 0. The molecular formula is C42H34N4O2. The third kappa shape index (κ3) is 5.80. The molecule has 0 atom stereocenters. The maximum atomic E-state index is 14.0. The van der Waals surface area contributed by atoms with Gasteiger partial charge in [0.05, 0.1) is 33.5 Å². The summed E-state index contributed by atoms with van der Waals surface area (Å²) in [4.78, 5) is 37.8. The molecule has 0 radical (unpaired) electrons. The van der Waals surface area contributed by atoms with Crippen LogP contribution in [0.2, 0.25) is 0 Å². The van der Waals surface area contributed by atoms with Gasteiger partial charge in [-0.1, -0.05) is 102 Å². The number of amides is 2. The second-order valence-electron chi connectivity index (χ2n) is 12.2. The molecule has 7 aromatic rings. The number of hydrogen-bond acceptors (Lipinski definition) is 4. The molecule has 2 N–H and O–H groups in total. The van der Waals surface area contributed by atoms with Crippen molar-refractivity contribution in [2.24, 2.45) is 0 Å². The lowest BCUT2D eigenvalue weighted by atomic mass is 9.96. The van der Waals surface area contributed by atoms with Crippen molar-refractivity contribution in [1.29, 1.82) is 0 Å². The van der Waals surface area contributed by atoms with E-state index < -0.39 is 0 Å². The highest BCUT2D eigenvalue weighted by Gasteiger charge is 2.21. The first kappa shape index (κ1) is 30.5. The molecule has 6 nitrogen and oxygen atoms in total. The Morgan fingerprint density at radius 2 is 0.875 bits per heavy atom. The van der Waals surface area contributed by atoms with E-state index in [4.69, 9.17) is 9.97 Å². The van der Waals surface area contributed by atoms with Crippen LogP contribution in [-0.2, 0) is 0 Å². The zero-order valence-corrected chi connectivity index (χ0v) is 27.3. The summed E-state index contributed by atoms with van der Waals surface area (Å²) in [5.74, 6) is -0.497.